The fraction of sp³-hybridized carbons (Fsp3) is 0.273. The average molecular weight is 285 g/mol. The van der Waals surface area contributed by atoms with Crippen molar-refractivity contribution < 1.29 is 17.6 Å². The first-order valence-electron chi connectivity index (χ1n) is 5.31. The van der Waals surface area contributed by atoms with E-state index >= 15 is 0 Å². The summed E-state index contributed by atoms with van der Waals surface area (Å²) in [5.74, 6) is -1.60. The minimum Gasteiger partial charge on any atom is -0.369 e. The van der Waals surface area contributed by atoms with Gasteiger partial charge >= 0.3 is 0 Å². The molecule has 0 aliphatic heterocycles. The molecule has 0 aromatic heterocycles. The van der Waals surface area contributed by atoms with Gasteiger partial charge in [0.2, 0.25) is 15.9 Å². The molecule has 1 amide bonds. The summed E-state index contributed by atoms with van der Waals surface area (Å²) in [6, 6.07) is 4.41. The molecule has 19 heavy (non-hydrogen) atoms. The molecule has 0 radical (unpaired) electrons. The lowest BCUT2D eigenvalue weighted by molar-refractivity contribution is -0.118. The quantitative estimate of drug-likeness (QED) is 0.833. The average Bonchev–Trinajstić information content (AvgIpc) is 2.35. The smallest absolute Gasteiger partial charge is 0.243 e. The Balaban J connectivity index is 3.26. The van der Waals surface area contributed by atoms with E-state index in [2.05, 4.69) is 0 Å². The van der Waals surface area contributed by atoms with Crippen molar-refractivity contribution in [3.8, 4) is 6.07 Å². The van der Waals surface area contributed by atoms with E-state index in [1.54, 1.807) is 6.07 Å². The minimum absolute atomic E-state index is 0.0323. The van der Waals surface area contributed by atoms with Gasteiger partial charge in [-0.25, -0.2) is 12.8 Å². The number of nitrogens with zero attached hydrogens (tertiary/aromatic N) is 2. The van der Waals surface area contributed by atoms with Crippen LogP contribution in [0.2, 0.25) is 0 Å². The van der Waals surface area contributed by atoms with Crippen LogP contribution >= 0.6 is 0 Å². The number of likely N-dealkylation sites (N-methyl/N-ethyl adjacent to an activating group) is 1. The summed E-state index contributed by atoms with van der Waals surface area (Å²) in [6.07, 6.45) is 0. The molecule has 8 heteroatoms. The Kier molecular flexibility index (Phi) is 4.58. The molecule has 0 bridgehead atoms. The Bertz CT molecular complexity index is 637. The molecule has 0 heterocycles. The number of halogens is 1. The van der Waals surface area contributed by atoms with Crippen LogP contribution in [0.15, 0.2) is 23.1 Å². The minimum atomic E-state index is -3.98. The summed E-state index contributed by atoms with van der Waals surface area (Å²) in [6.45, 7) is 1.10. The highest BCUT2D eigenvalue weighted by atomic mass is 32.2. The highest BCUT2D eigenvalue weighted by Gasteiger charge is 2.25. The van der Waals surface area contributed by atoms with E-state index in [-0.39, 0.29) is 17.0 Å². The van der Waals surface area contributed by atoms with Crippen LogP contribution in [0.3, 0.4) is 0 Å². The van der Waals surface area contributed by atoms with E-state index in [1.165, 1.54) is 6.92 Å². The van der Waals surface area contributed by atoms with Gasteiger partial charge in [0.15, 0.2) is 0 Å². The lowest BCUT2D eigenvalue weighted by atomic mass is 10.2. The molecule has 0 aliphatic carbocycles. The largest absolute Gasteiger partial charge is 0.369 e. The molecule has 0 atom stereocenters. The van der Waals surface area contributed by atoms with Crippen LogP contribution in [0.5, 0.6) is 0 Å². The molecular weight excluding hydrogens is 273 g/mol. The van der Waals surface area contributed by atoms with Crippen molar-refractivity contribution in [2.24, 2.45) is 5.73 Å². The number of benzene rings is 1. The lowest BCUT2D eigenvalue weighted by Crippen LogP contribution is -2.38. The summed E-state index contributed by atoms with van der Waals surface area (Å²) >= 11 is 0. The third-order valence-corrected chi connectivity index (χ3v) is 4.30. The van der Waals surface area contributed by atoms with Crippen molar-refractivity contribution in [1.82, 2.24) is 4.31 Å². The maximum atomic E-state index is 13.1. The number of rotatable bonds is 5. The van der Waals surface area contributed by atoms with E-state index < -0.39 is 28.3 Å². The molecular formula is C11H12FN3O3S. The topological polar surface area (TPSA) is 104 Å². The molecule has 0 spiro atoms. The van der Waals surface area contributed by atoms with Gasteiger partial charge in [-0.05, 0) is 18.2 Å². The maximum Gasteiger partial charge on any atom is 0.243 e. The number of amides is 1. The van der Waals surface area contributed by atoms with Gasteiger partial charge in [0.25, 0.3) is 0 Å². The van der Waals surface area contributed by atoms with Crippen molar-refractivity contribution in [3.63, 3.8) is 0 Å². The van der Waals surface area contributed by atoms with E-state index in [9.17, 15) is 17.6 Å². The molecule has 102 valence electrons. The number of carbonyl (C=O) groups is 1. The van der Waals surface area contributed by atoms with Crippen molar-refractivity contribution in [2.45, 2.75) is 11.8 Å². The van der Waals surface area contributed by atoms with Crippen LogP contribution in [0, 0.1) is 17.1 Å². The zero-order valence-electron chi connectivity index (χ0n) is 10.1. The van der Waals surface area contributed by atoms with Gasteiger partial charge in [-0.1, -0.05) is 6.92 Å². The second kappa shape index (κ2) is 5.77. The Morgan fingerprint density at radius 1 is 1.53 bits per heavy atom. The SMILES string of the molecule is CCN(CC(N)=O)S(=O)(=O)c1ccc(F)c(C#N)c1. The van der Waals surface area contributed by atoms with Gasteiger partial charge in [0, 0.05) is 6.54 Å². The Labute approximate surface area is 110 Å². The monoisotopic (exact) mass is 285 g/mol. The van der Waals surface area contributed by atoms with Crippen molar-refractivity contribution in [1.29, 1.82) is 5.26 Å². The molecule has 2 N–H and O–H groups in total. The van der Waals surface area contributed by atoms with Crippen LogP contribution < -0.4 is 5.73 Å². The zero-order valence-corrected chi connectivity index (χ0v) is 10.9. The first-order chi connectivity index (χ1) is 8.82. The number of primary amides is 1. The first kappa shape index (κ1) is 15.1. The standard InChI is InChI=1S/C11H12FN3O3S/c1-2-15(7-11(14)16)19(17,18)9-3-4-10(12)8(5-9)6-13/h3-5H,2,7H2,1H3,(H2,14,16). The van der Waals surface area contributed by atoms with Gasteiger partial charge in [-0.15, -0.1) is 0 Å². The molecule has 0 fully saturated rings. The highest BCUT2D eigenvalue weighted by molar-refractivity contribution is 7.89. The van der Waals surface area contributed by atoms with Crippen LogP contribution in [0.25, 0.3) is 0 Å². The van der Waals surface area contributed by atoms with Crippen LogP contribution in [-0.2, 0) is 14.8 Å². The number of hydrogen-bond acceptors (Lipinski definition) is 4. The summed E-state index contributed by atoms with van der Waals surface area (Å²) < 4.78 is 38.3. The van der Waals surface area contributed by atoms with Gasteiger partial charge in [0.05, 0.1) is 17.0 Å². The summed E-state index contributed by atoms with van der Waals surface area (Å²) in [5.41, 5.74) is 4.59. The fourth-order valence-corrected chi connectivity index (χ4v) is 2.88. The maximum absolute atomic E-state index is 13.1. The summed E-state index contributed by atoms with van der Waals surface area (Å²) in [5, 5.41) is 8.68. The first-order valence-corrected chi connectivity index (χ1v) is 6.75. The Morgan fingerprint density at radius 2 is 2.16 bits per heavy atom. The van der Waals surface area contributed by atoms with Gasteiger partial charge in [0.1, 0.15) is 11.9 Å². The predicted octanol–water partition coefficient (Wildman–Crippen LogP) is 0.193. The molecule has 0 saturated heterocycles. The lowest BCUT2D eigenvalue weighted by Gasteiger charge is -2.18. The van der Waals surface area contributed by atoms with Gasteiger partial charge in [-0.2, -0.15) is 9.57 Å². The van der Waals surface area contributed by atoms with Crippen LogP contribution in [-0.4, -0.2) is 31.7 Å². The van der Waals surface area contributed by atoms with E-state index in [0.717, 1.165) is 22.5 Å². The third kappa shape index (κ3) is 3.27. The van der Waals surface area contributed by atoms with Crippen molar-refractivity contribution in [3.05, 3.63) is 29.6 Å². The second-order valence-electron chi connectivity index (χ2n) is 3.65. The van der Waals surface area contributed by atoms with E-state index in [1.807, 2.05) is 0 Å². The second-order valence-corrected chi connectivity index (χ2v) is 5.59. The molecule has 0 saturated carbocycles. The highest BCUT2D eigenvalue weighted by Crippen LogP contribution is 2.18. The van der Waals surface area contributed by atoms with E-state index in [0.29, 0.717) is 0 Å². The Hall–Kier alpha value is -1.98. The molecule has 1 aromatic rings. The molecule has 1 aromatic carbocycles. The Morgan fingerprint density at radius 3 is 2.63 bits per heavy atom. The predicted molar refractivity (Wildman–Crippen MR) is 64.7 cm³/mol. The third-order valence-electron chi connectivity index (χ3n) is 2.38. The van der Waals surface area contributed by atoms with Crippen LogP contribution in [0.4, 0.5) is 4.39 Å². The van der Waals surface area contributed by atoms with Gasteiger partial charge < -0.3 is 5.73 Å². The number of nitrogens with two attached hydrogens (primary N) is 1. The molecule has 1 rings (SSSR count). The van der Waals surface area contributed by atoms with E-state index in [4.69, 9.17) is 11.0 Å². The van der Waals surface area contributed by atoms with Crippen molar-refractivity contribution >= 4 is 15.9 Å². The normalized spacial score (nSPS) is 11.3. The molecule has 0 aliphatic rings. The molecule has 0 unspecified atom stereocenters. The number of sulfonamides is 1. The number of nitriles is 1. The summed E-state index contributed by atoms with van der Waals surface area (Å²) in [7, 11) is -3.98. The zero-order chi connectivity index (χ0) is 14.6. The van der Waals surface area contributed by atoms with Crippen LogP contribution in [0.1, 0.15) is 12.5 Å². The number of carbonyl (C=O) groups excluding carboxylic acids is 1. The van der Waals surface area contributed by atoms with Crippen molar-refractivity contribution in [2.75, 3.05) is 13.1 Å². The van der Waals surface area contributed by atoms with Gasteiger partial charge in [-0.3, -0.25) is 4.79 Å². The number of hydrogen-bond donors (Lipinski definition) is 1. The molecule has 6 nitrogen and oxygen atoms in total. The summed E-state index contributed by atoms with van der Waals surface area (Å²) in [4.78, 5) is 10.6. The fourth-order valence-electron chi connectivity index (χ4n) is 1.44.